The third-order valence-corrected chi connectivity index (χ3v) is 5.73. The number of aliphatic hydroxyl groups is 1. The Kier molecular flexibility index (Phi) is 8.70. The number of aliphatic hydroxyl groups excluding tert-OH is 1. The highest BCUT2D eigenvalue weighted by Gasteiger charge is 2.17. The number of hydrogen-bond donors (Lipinski definition) is 1. The molecule has 30 heavy (non-hydrogen) atoms. The van der Waals surface area contributed by atoms with Crippen molar-refractivity contribution >= 4 is 0 Å². The second-order valence-electron chi connectivity index (χ2n) is 8.35. The van der Waals surface area contributed by atoms with Crippen LogP contribution in [0.2, 0.25) is 0 Å². The second kappa shape index (κ2) is 11.5. The van der Waals surface area contributed by atoms with Crippen LogP contribution in [0.25, 0.3) is 0 Å². The quantitative estimate of drug-likeness (QED) is 0.649. The van der Waals surface area contributed by atoms with E-state index in [9.17, 15) is 5.11 Å². The summed E-state index contributed by atoms with van der Waals surface area (Å²) in [6.07, 6.45) is -0.542. The molecule has 0 saturated carbocycles. The molecule has 2 aromatic carbocycles. The van der Waals surface area contributed by atoms with E-state index in [0.29, 0.717) is 13.2 Å². The van der Waals surface area contributed by atoms with Crippen LogP contribution in [0.3, 0.4) is 0 Å². The van der Waals surface area contributed by atoms with Crippen LogP contribution in [-0.4, -0.2) is 73.6 Å². The van der Waals surface area contributed by atoms with E-state index >= 15 is 0 Å². The maximum Gasteiger partial charge on any atom is 0.122 e. The van der Waals surface area contributed by atoms with Gasteiger partial charge in [0.25, 0.3) is 0 Å². The topological polar surface area (TPSA) is 45.2 Å². The van der Waals surface area contributed by atoms with E-state index in [2.05, 4.69) is 41.8 Å². The fraction of sp³-hybridized carbons (Fsp3) is 0.520. The van der Waals surface area contributed by atoms with E-state index in [0.717, 1.165) is 57.3 Å². The lowest BCUT2D eigenvalue weighted by Gasteiger charge is -2.31. The van der Waals surface area contributed by atoms with Gasteiger partial charge in [-0.05, 0) is 43.5 Å². The first-order chi connectivity index (χ1) is 14.5. The molecule has 0 aromatic heterocycles. The smallest absolute Gasteiger partial charge is 0.122 e. The van der Waals surface area contributed by atoms with E-state index < -0.39 is 6.10 Å². The molecule has 5 heteroatoms. The first kappa shape index (κ1) is 22.8. The van der Waals surface area contributed by atoms with Gasteiger partial charge in [-0.3, -0.25) is 9.80 Å². The predicted octanol–water partition coefficient (Wildman–Crippen LogP) is 3.19. The van der Waals surface area contributed by atoms with Crippen molar-refractivity contribution < 1.29 is 14.6 Å². The molecule has 1 unspecified atom stereocenters. The minimum atomic E-state index is -0.542. The Bertz CT molecular complexity index is 790. The maximum absolute atomic E-state index is 10.7. The molecule has 1 aliphatic rings. The van der Waals surface area contributed by atoms with Gasteiger partial charge in [-0.1, -0.05) is 42.0 Å². The molecule has 3 rings (SSSR count). The monoisotopic (exact) mass is 412 g/mol. The van der Waals surface area contributed by atoms with Crippen molar-refractivity contribution in [2.45, 2.75) is 33.4 Å². The summed E-state index contributed by atoms with van der Waals surface area (Å²) in [4.78, 5) is 4.79. The van der Waals surface area contributed by atoms with Gasteiger partial charge in [0.05, 0.1) is 13.2 Å². The van der Waals surface area contributed by atoms with Crippen LogP contribution < -0.4 is 4.74 Å². The molecule has 1 saturated heterocycles. The molecule has 0 radical (unpaired) electrons. The summed E-state index contributed by atoms with van der Waals surface area (Å²) in [5.41, 5.74) is 4.98. The van der Waals surface area contributed by atoms with Crippen molar-refractivity contribution in [1.82, 2.24) is 9.80 Å². The van der Waals surface area contributed by atoms with Crippen LogP contribution in [0.15, 0.2) is 42.5 Å². The average molecular weight is 413 g/mol. The molecule has 1 heterocycles. The number of nitrogens with zero attached hydrogens (tertiary/aromatic N) is 2. The molecule has 0 bridgehead atoms. The second-order valence-corrected chi connectivity index (χ2v) is 8.35. The zero-order valence-electron chi connectivity index (χ0n) is 18.6. The Morgan fingerprint density at radius 3 is 2.60 bits per heavy atom. The van der Waals surface area contributed by atoms with Crippen molar-refractivity contribution in [3.05, 3.63) is 64.7 Å². The zero-order valence-corrected chi connectivity index (χ0v) is 18.6. The van der Waals surface area contributed by atoms with E-state index in [1.54, 1.807) is 0 Å². The lowest BCUT2D eigenvalue weighted by Crippen LogP contribution is -2.43. The van der Waals surface area contributed by atoms with Crippen molar-refractivity contribution in [2.75, 3.05) is 52.5 Å². The Morgan fingerprint density at radius 1 is 1.07 bits per heavy atom. The highest BCUT2D eigenvalue weighted by Crippen LogP contribution is 2.17. The molecule has 0 spiro atoms. The molecule has 2 aromatic rings. The number of aryl methyl sites for hydroxylation is 3. The van der Waals surface area contributed by atoms with E-state index in [-0.39, 0.29) is 0 Å². The summed E-state index contributed by atoms with van der Waals surface area (Å²) in [6, 6.07) is 14.5. The molecular formula is C25H36N2O3. The van der Waals surface area contributed by atoms with Crippen LogP contribution >= 0.6 is 0 Å². The lowest BCUT2D eigenvalue weighted by molar-refractivity contribution is 0.0255. The van der Waals surface area contributed by atoms with E-state index in [4.69, 9.17) is 9.47 Å². The molecular weight excluding hydrogens is 376 g/mol. The fourth-order valence-corrected chi connectivity index (χ4v) is 3.81. The number of ether oxygens (including phenoxy) is 2. The van der Waals surface area contributed by atoms with Crippen molar-refractivity contribution in [3.8, 4) is 5.75 Å². The summed E-state index contributed by atoms with van der Waals surface area (Å²) in [6.45, 7) is 13.5. The first-order valence-electron chi connectivity index (χ1n) is 11.0. The van der Waals surface area contributed by atoms with Crippen molar-refractivity contribution in [2.24, 2.45) is 0 Å². The van der Waals surface area contributed by atoms with Gasteiger partial charge < -0.3 is 14.6 Å². The van der Waals surface area contributed by atoms with Gasteiger partial charge in [0, 0.05) is 39.3 Å². The number of hydrogen-bond acceptors (Lipinski definition) is 5. The summed E-state index contributed by atoms with van der Waals surface area (Å²) < 4.78 is 11.4. The van der Waals surface area contributed by atoms with Crippen LogP contribution in [-0.2, 0) is 11.3 Å². The van der Waals surface area contributed by atoms with E-state index in [1.807, 2.05) is 31.2 Å². The Balaban J connectivity index is 1.60. The largest absolute Gasteiger partial charge is 0.491 e. The van der Waals surface area contributed by atoms with Gasteiger partial charge in [0.2, 0.25) is 0 Å². The lowest BCUT2D eigenvalue weighted by atomic mass is 10.0. The number of rotatable bonds is 10. The Hall–Kier alpha value is -1.92. The third kappa shape index (κ3) is 7.10. The SMILES string of the molecule is Cc1ccc(C)c(CN(CCN2CCOCC2)CC(O)COc2ccccc2C)c1. The van der Waals surface area contributed by atoms with Crippen LogP contribution in [0.4, 0.5) is 0 Å². The average Bonchev–Trinajstić information content (AvgIpc) is 2.75. The minimum Gasteiger partial charge on any atom is -0.491 e. The van der Waals surface area contributed by atoms with E-state index in [1.165, 1.54) is 16.7 Å². The molecule has 0 amide bonds. The maximum atomic E-state index is 10.7. The summed E-state index contributed by atoms with van der Waals surface area (Å²) in [5.74, 6) is 0.839. The standard InChI is InChI=1S/C25H36N2O3/c1-20-8-9-21(2)23(16-20)17-27(11-10-26-12-14-29-15-13-26)18-24(28)19-30-25-7-5-4-6-22(25)3/h4-9,16,24,28H,10-15,17-19H2,1-3H3. The molecule has 164 valence electrons. The van der Waals surface area contributed by atoms with Crippen molar-refractivity contribution in [3.63, 3.8) is 0 Å². The molecule has 1 fully saturated rings. The number of para-hydroxylation sites is 1. The zero-order chi connectivity index (χ0) is 21.3. The molecule has 1 aliphatic heterocycles. The van der Waals surface area contributed by atoms with Gasteiger partial charge in [-0.2, -0.15) is 0 Å². The predicted molar refractivity (Wildman–Crippen MR) is 121 cm³/mol. The normalized spacial score (nSPS) is 16.0. The minimum absolute atomic E-state index is 0.297. The van der Waals surface area contributed by atoms with Gasteiger partial charge in [-0.25, -0.2) is 0 Å². The fourth-order valence-electron chi connectivity index (χ4n) is 3.81. The van der Waals surface area contributed by atoms with Crippen LogP contribution in [0.5, 0.6) is 5.75 Å². The highest BCUT2D eigenvalue weighted by atomic mass is 16.5. The molecule has 1 N–H and O–H groups in total. The summed E-state index contributed by atoms with van der Waals surface area (Å²) in [5, 5.41) is 10.7. The highest BCUT2D eigenvalue weighted by molar-refractivity contribution is 5.32. The summed E-state index contributed by atoms with van der Waals surface area (Å²) >= 11 is 0. The van der Waals surface area contributed by atoms with Gasteiger partial charge in [0.15, 0.2) is 0 Å². The Morgan fingerprint density at radius 2 is 1.83 bits per heavy atom. The van der Waals surface area contributed by atoms with Gasteiger partial charge >= 0.3 is 0 Å². The molecule has 1 atom stereocenters. The van der Waals surface area contributed by atoms with Gasteiger partial charge in [0.1, 0.15) is 18.5 Å². The Labute approximate surface area is 181 Å². The number of morpholine rings is 1. The van der Waals surface area contributed by atoms with Crippen LogP contribution in [0, 0.1) is 20.8 Å². The van der Waals surface area contributed by atoms with Crippen LogP contribution in [0.1, 0.15) is 22.3 Å². The van der Waals surface area contributed by atoms with Gasteiger partial charge in [-0.15, -0.1) is 0 Å². The summed E-state index contributed by atoms with van der Waals surface area (Å²) in [7, 11) is 0. The third-order valence-electron chi connectivity index (χ3n) is 5.73. The molecule has 5 nitrogen and oxygen atoms in total. The van der Waals surface area contributed by atoms with Crippen molar-refractivity contribution in [1.29, 1.82) is 0 Å². The number of benzene rings is 2. The molecule has 0 aliphatic carbocycles. The first-order valence-corrected chi connectivity index (χ1v) is 11.0.